The average molecular weight is 297 g/mol. The molecule has 0 bridgehead atoms. The van der Waals surface area contributed by atoms with Crippen LogP contribution in [-0.2, 0) is 6.42 Å². The maximum Gasteiger partial charge on any atom is 0.0377 e. The summed E-state index contributed by atoms with van der Waals surface area (Å²) in [5.41, 5.74) is 8.49. The van der Waals surface area contributed by atoms with Crippen molar-refractivity contribution in [3.63, 3.8) is 0 Å². The molecule has 1 fully saturated rings. The minimum absolute atomic E-state index is 0.215. The van der Waals surface area contributed by atoms with Crippen molar-refractivity contribution in [1.29, 1.82) is 0 Å². The second kappa shape index (κ2) is 5.87. The van der Waals surface area contributed by atoms with Crippen LogP contribution in [0.1, 0.15) is 31.7 Å². The van der Waals surface area contributed by atoms with Crippen molar-refractivity contribution in [2.45, 2.75) is 38.6 Å². The monoisotopic (exact) mass is 296 g/mol. The third-order valence-electron chi connectivity index (χ3n) is 3.30. The van der Waals surface area contributed by atoms with Crippen molar-refractivity contribution in [2.24, 2.45) is 5.73 Å². The van der Waals surface area contributed by atoms with Crippen LogP contribution in [0.5, 0.6) is 0 Å². The lowest BCUT2D eigenvalue weighted by Crippen LogP contribution is -2.29. The van der Waals surface area contributed by atoms with Crippen molar-refractivity contribution in [2.75, 3.05) is 18.0 Å². The topological polar surface area (TPSA) is 29.3 Å². The Morgan fingerprint density at radius 3 is 2.59 bits per heavy atom. The Labute approximate surface area is 112 Å². The van der Waals surface area contributed by atoms with Gasteiger partial charge in [-0.3, -0.25) is 0 Å². The molecule has 0 amide bonds. The Balaban J connectivity index is 2.12. The highest BCUT2D eigenvalue weighted by atomic mass is 79.9. The van der Waals surface area contributed by atoms with E-state index in [1.165, 1.54) is 48.1 Å². The molecule has 1 saturated heterocycles. The molecule has 17 heavy (non-hydrogen) atoms. The van der Waals surface area contributed by atoms with Crippen LogP contribution in [0.3, 0.4) is 0 Å². The molecule has 3 heteroatoms. The highest BCUT2D eigenvalue weighted by Crippen LogP contribution is 2.26. The molecule has 0 spiro atoms. The molecule has 1 aromatic carbocycles. The van der Waals surface area contributed by atoms with E-state index in [2.05, 4.69) is 39.0 Å². The number of anilines is 1. The summed E-state index contributed by atoms with van der Waals surface area (Å²) in [6.45, 7) is 4.43. The zero-order chi connectivity index (χ0) is 12.3. The molecule has 1 aliphatic heterocycles. The summed E-state index contributed by atoms with van der Waals surface area (Å²) in [5, 5.41) is 0. The number of piperidine rings is 1. The third-order valence-corrected chi connectivity index (χ3v) is 4.04. The molecule has 0 aromatic heterocycles. The smallest absolute Gasteiger partial charge is 0.0377 e. The summed E-state index contributed by atoms with van der Waals surface area (Å²) < 4.78 is 1.19. The zero-order valence-electron chi connectivity index (χ0n) is 10.5. The van der Waals surface area contributed by atoms with Gasteiger partial charge in [0.15, 0.2) is 0 Å². The molecule has 1 atom stereocenters. The Bertz CT molecular complexity index is 370. The lowest BCUT2D eigenvalue weighted by Gasteiger charge is -2.29. The number of nitrogens with zero attached hydrogens (tertiary/aromatic N) is 1. The van der Waals surface area contributed by atoms with Gasteiger partial charge < -0.3 is 10.6 Å². The van der Waals surface area contributed by atoms with E-state index >= 15 is 0 Å². The maximum atomic E-state index is 5.84. The molecule has 0 radical (unpaired) electrons. The molecule has 1 aromatic rings. The second-order valence-electron chi connectivity index (χ2n) is 5.00. The summed E-state index contributed by atoms with van der Waals surface area (Å²) in [6, 6.07) is 6.89. The first kappa shape index (κ1) is 12.9. The summed E-state index contributed by atoms with van der Waals surface area (Å²) in [7, 11) is 0. The van der Waals surface area contributed by atoms with Crippen molar-refractivity contribution in [3.8, 4) is 0 Å². The Kier molecular flexibility index (Phi) is 4.46. The van der Waals surface area contributed by atoms with Crippen molar-refractivity contribution < 1.29 is 0 Å². The lowest BCUT2D eigenvalue weighted by atomic mass is 10.1. The van der Waals surface area contributed by atoms with E-state index in [0.29, 0.717) is 0 Å². The molecular weight excluding hydrogens is 276 g/mol. The minimum Gasteiger partial charge on any atom is -0.372 e. The van der Waals surface area contributed by atoms with Gasteiger partial charge in [-0.15, -0.1) is 0 Å². The maximum absolute atomic E-state index is 5.84. The summed E-state index contributed by atoms with van der Waals surface area (Å²) in [5.74, 6) is 0. The van der Waals surface area contributed by atoms with Gasteiger partial charge >= 0.3 is 0 Å². The van der Waals surface area contributed by atoms with Crippen molar-refractivity contribution in [1.82, 2.24) is 0 Å². The predicted molar refractivity (Wildman–Crippen MR) is 77.6 cm³/mol. The first-order chi connectivity index (χ1) is 8.16. The lowest BCUT2D eigenvalue weighted by molar-refractivity contribution is 0.577. The van der Waals surface area contributed by atoms with Gasteiger partial charge in [0.2, 0.25) is 0 Å². The molecule has 2 rings (SSSR count). The van der Waals surface area contributed by atoms with Gasteiger partial charge in [0, 0.05) is 29.3 Å². The Hall–Kier alpha value is -0.540. The number of benzene rings is 1. The normalized spacial score (nSPS) is 18.2. The highest BCUT2D eigenvalue weighted by molar-refractivity contribution is 9.10. The molecule has 0 aliphatic carbocycles. The summed E-state index contributed by atoms with van der Waals surface area (Å²) in [6.07, 6.45) is 4.94. The summed E-state index contributed by atoms with van der Waals surface area (Å²) in [4.78, 5) is 2.48. The SMILES string of the molecule is CC(N)Cc1ccc(N2CCCCC2)cc1Br. The van der Waals surface area contributed by atoms with Gasteiger partial charge in [-0.25, -0.2) is 0 Å². The molecule has 0 saturated carbocycles. The van der Waals surface area contributed by atoms with E-state index in [1.54, 1.807) is 0 Å². The molecule has 94 valence electrons. The van der Waals surface area contributed by atoms with E-state index < -0.39 is 0 Å². The number of hydrogen-bond donors (Lipinski definition) is 1. The van der Waals surface area contributed by atoms with Crippen LogP contribution in [0.15, 0.2) is 22.7 Å². The van der Waals surface area contributed by atoms with Gasteiger partial charge in [0.05, 0.1) is 0 Å². The van der Waals surface area contributed by atoms with E-state index in [4.69, 9.17) is 5.73 Å². The van der Waals surface area contributed by atoms with Crippen LogP contribution < -0.4 is 10.6 Å². The van der Waals surface area contributed by atoms with E-state index in [1.807, 2.05) is 6.92 Å². The molecular formula is C14H21BrN2. The quantitative estimate of drug-likeness (QED) is 0.927. The fourth-order valence-corrected chi connectivity index (χ4v) is 2.93. The Morgan fingerprint density at radius 1 is 1.29 bits per heavy atom. The van der Waals surface area contributed by atoms with E-state index in [-0.39, 0.29) is 6.04 Å². The Morgan fingerprint density at radius 2 is 2.00 bits per heavy atom. The van der Waals surface area contributed by atoms with Gasteiger partial charge in [-0.1, -0.05) is 22.0 Å². The van der Waals surface area contributed by atoms with E-state index in [0.717, 1.165) is 6.42 Å². The average Bonchev–Trinajstić information content (AvgIpc) is 2.32. The molecule has 1 heterocycles. The van der Waals surface area contributed by atoms with Crippen molar-refractivity contribution >= 4 is 21.6 Å². The minimum atomic E-state index is 0.215. The third kappa shape index (κ3) is 3.46. The molecule has 2 N–H and O–H groups in total. The van der Waals surface area contributed by atoms with Crippen LogP contribution in [0.2, 0.25) is 0 Å². The molecule has 1 unspecified atom stereocenters. The van der Waals surface area contributed by atoms with Gasteiger partial charge in [-0.2, -0.15) is 0 Å². The number of rotatable bonds is 3. The fraction of sp³-hybridized carbons (Fsp3) is 0.571. The largest absolute Gasteiger partial charge is 0.372 e. The first-order valence-electron chi connectivity index (χ1n) is 6.46. The van der Waals surface area contributed by atoms with Crippen LogP contribution in [-0.4, -0.2) is 19.1 Å². The van der Waals surface area contributed by atoms with Crippen molar-refractivity contribution in [3.05, 3.63) is 28.2 Å². The zero-order valence-corrected chi connectivity index (χ0v) is 12.0. The van der Waals surface area contributed by atoms with E-state index in [9.17, 15) is 0 Å². The standard InChI is InChI=1S/C14H21BrN2/c1-11(16)9-12-5-6-13(10-14(12)15)17-7-3-2-4-8-17/h5-6,10-11H,2-4,7-9,16H2,1H3. The first-order valence-corrected chi connectivity index (χ1v) is 7.25. The van der Waals surface area contributed by atoms with Gasteiger partial charge in [0.25, 0.3) is 0 Å². The molecule has 1 aliphatic rings. The predicted octanol–water partition coefficient (Wildman–Crippen LogP) is 3.33. The van der Waals surface area contributed by atoms with Crippen LogP contribution >= 0.6 is 15.9 Å². The fourth-order valence-electron chi connectivity index (χ4n) is 2.40. The highest BCUT2D eigenvalue weighted by Gasteiger charge is 2.12. The number of halogens is 1. The molecule has 2 nitrogen and oxygen atoms in total. The van der Waals surface area contributed by atoms with Crippen LogP contribution in [0, 0.1) is 0 Å². The van der Waals surface area contributed by atoms with Gasteiger partial charge in [-0.05, 0) is 50.3 Å². The number of nitrogens with two attached hydrogens (primary N) is 1. The second-order valence-corrected chi connectivity index (χ2v) is 5.86. The van der Waals surface area contributed by atoms with Crippen LogP contribution in [0.25, 0.3) is 0 Å². The number of hydrogen-bond acceptors (Lipinski definition) is 2. The van der Waals surface area contributed by atoms with Crippen LogP contribution in [0.4, 0.5) is 5.69 Å². The summed E-state index contributed by atoms with van der Waals surface area (Å²) >= 11 is 3.66. The van der Waals surface area contributed by atoms with Gasteiger partial charge in [0.1, 0.15) is 0 Å².